The van der Waals surface area contributed by atoms with Gasteiger partial charge in [-0.05, 0) is 32.4 Å². The monoisotopic (exact) mass is 490 g/mol. The van der Waals surface area contributed by atoms with Crippen LogP contribution in [0.1, 0.15) is 41.9 Å². The number of aryl methyl sites for hydroxylation is 2. The first-order chi connectivity index (χ1) is 11.8. The van der Waals surface area contributed by atoms with Crippen molar-refractivity contribution in [3.63, 3.8) is 0 Å². The summed E-state index contributed by atoms with van der Waals surface area (Å²) in [5.41, 5.74) is 1.41. The van der Waals surface area contributed by atoms with E-state index in [1.807, 2.05) is 39.8 Å². The maximum atomic E-state index is 14.1. The molecule has 2 aromatic rings. The van der Waals surface area contributed by atoms with E-state index in [1.165, 1.54) is 10.9 Å². The molecule has 0 radical (unpaired) electrons. The van der Waals surface area contributed by atoms with Gasteiger partial charge in [0.25, 0.3) is 0 Å². The summed E-state index contributed by atoms with van der Waals surface area (Å²) in [5, 5.41) is 7.56. The molecule has 0 spiro atoms. The number of hydrogen-bond acceptors (Lipinski definition) is 3. The minimum absolute atomic E-state index is 0. The van der Waals surface area contributed by atoms with E-state index in [1.54, 1.807) is 17.4 Å². The van der Waals surface area contributed by atoms with Crippen molar-refractivity contribution < 1.29 is 4.39 Å². The molecule has 2 N–H and O–H groups in total. The average molecular weight is 490 g/mol. The summed E-state index contributed by atoms with van der Waals surface area (Å²) in [4.78, 5) is 10.3. The Kier molecular flexibility index (Phi) is 8.95. The highest BCUT2D eigenvalue weighted by Gasteiger charge is 2.24. The molecule has 1 aromatic carbocycles. The van der Waals surface area contributed by atoms with Crippen molar-refractivity contribution in [2.45, 2.75) is 46.6 Å². The number of benzene rings is 1. The zero-order valence-corrected chi connectivity index (χ0v) is 19.2. The van der Waals surface area contributed by atoms with Gasteiger partial charge in [-0.15, -0.1) is 35.3 Å². The van der Waals surface area contributed by atoms with Gasteiger partial charge < -0.3 is 10.6 Å². The number of nitrogens with one attached hydrogen (secondary N) is 2. The van der Waals surface area contributed by atoms with E-state index in [9.17, 15) is 4.39 Å². The van der Waals surface area contributed by atoms with Crippen LogP contribution in [0.15, 0.2) is 29.3 Å². The number of nitrogens with zero attached hydrogens (tertiary/aromatic N) is 2. The van der Waals surface area contributed by atoms with Crippen LogP contribution in [-0.2, 0) is 12.0 Å². The van der Waals surface area contributed by atoms with Crippen molar-refractivity contribution in [3.05, 3.63) is 51.2 Å². The highest BCUT2D eigenvalue weighted by Crippen LogP contribution is 2.24. The van der Waals surface area contributed by atoms with E-state index in [4.69, 9.17) is 0 Å². The fourth-order valence-electron chi connectivity index (χ4n) is 2.51. The third-order valence-electron chi connectivity index (χ3n) is 4.09. The highest BCUT2D eigenvalue weighted by molar-refractivity contribution is 14.0. The van der Waals surface area contributed by atoms with Crippen molar-refractivity contribution in [2.24, 2.45) is 4.99 Å². The van der Waals surface area contributed by atoms with Crippen molar-refractivity contribution in [1.29, 1.82) is 0 Å². The lowest BCUT2D eigenvalue weighted by Gasteiger charge is -2.27. The van der Waals surface area contributed by atoms with Gasteiger partial charge in [0, 0.05) is 23.4 Å². The molecule has 26 heavy (non-hydrogen) atoms. The summed E-state index contributed by atoms with van der Waals surface area (Å²) >= 11 is 1.67. The Morgan fingerprint density at radius 3 is 2.50 bits per heavy atom. The highest BCUT2D eigenvalue weighted by atomic mass is 127. The first-order valence-corrected chi connectivity index (χ1v) is 9.35. The number of aromatic nitrogens is 1. The number of hydrogen-bond donors (Lipinski definition) is 2. The summed E-state index contributed by atoms with van der Waals surface area (Å²) < 4.78 is 14.1. The fraction of sp³-hybridized carbons (Fsp3) is 0.474. The molecular weight excluding hydrogens is 462 g/mol. The minimum atomic E-state index is -0.351. The molecule has 0 unspecified atom stereocenters. The van der Waals surface area contributed by atoms with Gasteiger partial charge in [0.15, 0.2) is 5.96 Å². The number of halogens is 2. The second kappa shape index (κ2) is 10.2. The van der Waals surface area contributed by atoms with Crippen molar-refractivity contribution in [2.75, 3.05) is 13.1 Å². The second-order valence-electron chi connectivity index (χ2n) is 6.66. The first kappa shape index (κ1) is 22.8. The van der Waals surface area contributed by atoms with Crippen LogP contribution in [-0.4, -0.2) is 24.0 Å². The third-order valence-corrected chi connectivity index (χ3v) is 5.15. The Labute approximate surface area is 176 Å². The minimum Gasteiger partial charge on any atom is -0.357 e. The van der Waals surface area contributed by atoms with Crippen molar-refractivity contribution in [1.82, 2.24) is 15.6 Å². The van der Waals surface area contributed by atoms with Gasteiger partial charge in [-0.1, -0.05) is 32.0 Å². The molecule has 0 atom stereocenters. The van der Waals surface area contributed by atoms with Crippen LogP contribution in [0.3, 0.4) is 0 Å². The second-order valence-corrected chi connectivity index (χ2v) is 7.95. The zero-order chi connectivity index (χ0) is 18.4. The molecule has 144 valence electrons. The molecule has 1 heterocycles. The first-order valence-electron chi connectivity index (χ1n) is 8.53. The van der Waals surface area contributed by atoms with Gasteiger partial charge >= 0.3 is 0 Å². The van der Waals surface area contributed by atoms with Gasteiger partial charge in [-0.2, -0.15) is 0 Å². The lowest BCUT2D eigenvalue weighted by Crippen LogP contribution is -2.43. The molecule has 0 fully saturated rings. The Hall–Kier alpha value is -1.22. The lowest BCUT2D eigenvalue weighted by molar-refractivity contribution is 0.473. The molecule has 0 aliphatic carbocycles. The molecule has 4 nitrogen and oxygen atoms in total. The van der Waals surface area contributed by atoms with Gasteiger partial charge in [-0.3, -0.25) is 0 Å². The van der Waals surface area contributed by atoms with E-state index in [0.29, 0.717) is 18.7 Å². The maximum absolute atomic E-state index is 14.1. The van der Waals surface area contributed by atoms with E-state index in [0.717, 1.165) is 23.2 Å². The fourth-order valence-corrected chi connectivity index (χ4v) is 3.36. The molecule has 0 amide bonds. The maximum Gasteiger partial charge on any atom is 0.191 e. The molecule has 0 aliphatic rings. The molecule has 7 heteroatoms. The lowest BCUT2D eigenvalue weighted by atomic mass is 9.84. The molecule has 0 saturated heterocycles. The largest absolute Gasteiger partial charge is 0.357 e. The van der Waals surface area contributed by atoms with Crippen LogP contribution in [0.5, 0.6) is 0 Å². The van der Waals surface area contributed by atoms with Crippen LogP contribution >= 0.6 is 35.3 Å². The summed E-state index contributed by atoms with van der Waals surface area (Å²) in [6.45, 7) is 12.0. The normalized spacial score (nSPS) is 11.8. The third kappa shape index (κ3) is 6.19. The summed E-state index contributed by atoms with van der Waals surface area (Å²) in [6.07, 6.45) is 0. The number of guanidine groups is 1. The smallest absolute Gasteiger partial charge is 0.191 e. The molecular formula is C19H28FIN4S. The van der Waals surface area contributed by atoms with E-state index < -0.39 is 0 Å². The molecule has 0 bridgehead atoms. The number of thiazole rings is 1. The summed E-state index contributed by atoms with van der Waals surface area (Å²) in [6, 6.07) is 6.92. The van der Waals surface area contributed by atoms with E-state index in [-0.39, 0.29) is 35.2 Å². The predicted octanol–water partition coefficient (Wildman–Crippen LogP) is 4.55. The molecule has 1 aromatic heterocycles. The molecule has 0 aliphatic heterocycles. The Balaban J connectivity index is 0.00000338. The average Bonchev–Trinajstić information content (AvgIpc) is 2.88. The van der Waals surface area contributed by atoms with Crippen LogP contribution in [0.2, 0.25) is 0 Å². The Morgan fingerprint density at radius 1 is 1.23 bits per heavy atom. The van der Waals surface area contributed by atoms with Crippen LogP contribution in [0.4, 0.5) is 4.39 Å². The Bertz CT molecular complexity index is 723. The van der Waals surface area contributed by atoms with Gasteiger partial charge in [-0.25, -0.2) is 14.4 Å². The zero-order valence-electron chi connectivity index (χ0n) is 16.0. The van der Waals surface area contributed by atoms with Gasteiger partial charge in [0.2, 0.25) is 0 Å². The summed E-state index contributed by atoms with van der Waals surface area (Å²) in [5.74, 6) is 0.544. The summed E-state index contributed by atoms with van der Waals surface area (Å²) in [7, 11) is 0. The SMILES string of the molecule is CCNC(=NCc1nc(C)c(C)s1)NCC(C)(C)c1ccccc1F.I. The van der Waals surface area contributed by atoms with Crippen LogP contribution in [0, 0.1) is 19.7 Å². The van der Waals surface area contributed by atoms with Crippen molar-refractivity contribution in [3.8, 4) is 0 Å². The number of rotatable bonds is 6. The molecule has 2 rings (SSSR count). The van der Waals surface area contributed by atoms with Crippen LogP contribution < -0.4 is 10.6 Å². The number of aliphatic imine (C=N–C) groups is 1. The standard InChI is InChI=1S/C19H27FN4S.HI/c1-6-21-18(22-11-17-24-13(2)14(3)25-17)23-12-19(4,5)15-9-7-8-10-16(15)20;/h7-10H,6,11-12H2,1-5H3,(H2,21,22,23);1H. The van der Waals surface area contributed by atoms with E-state index in [2.05, 4.69) is 27.5 Å². The van der Waals surface area contributed by atoms with Crippen molar-refractivity contribution >= 4 is 41.3 Å². The Morgan fingerprint density at radius 2 is 1.92 bits per heavy atom. The quantitative estimate of drug-likeness (QED) is 0.355. The topological polar surface area (TPSA) is 49.3 Å². The predicted molar refractivity (Wildman–Crippen MR) is 119 cm³/mol. The van der Waals surface area contributed by atoms with Gasteiger partial charge in [0.1, 0.15) is 10.8 Å². The molecule has 0 saturated carbocycles. The van der Waals surface area contributed by atoms with Crippen LogP contribution in [0.25, 0.3) is 0 Å². The van der Waals surface area contributed by atoms with Gasteiger partial charge in [0.05, 0.1) is 12.2 Å². The van der Waals surface area contributed by atoms with E-state index >= 15 is 0 Å².